The molecule has 0 radical (unpaired) electrons. The fourth-order valence-electron chi connectivity index (χ4n) is 2.00. The van der Waals surface area contributed by atoms with Gasteiger partial charge in [-0.3, -0.25) is 0 Å². The van der Waals surface area contributed by atoms with Crippen LogP contribution in [0.3, 0.4) is 0 Å². The second-order valence-electron chi connectivity index (χ2n) is 4.69. The van der Waals surface area contributed by atoms with Crippen LogP contribution in [-0.4, -0.2) is 25.4 Å². The quantitative estimate of drug-likeness (QED) is 0.821. The molecule has 3 nitrogen and oxygen atoms in total. The van der Waals surface area contributed by atoms with Gasteiger partial charge in [0.25, 0.3) is 0 Å². The topological polar surface area (TPSA) is 38.7 Å². The largest absolute Gasteiger partial charge is 0.491 e. The maximum absolute atomic E-state index is 10.5. The first-order chi connectivity index (χ1) is 9.72. The van der Waals surface area contributed by atoms with Gasteiger partial charge in [0, 0.05) is 12.7 Å². The monoisotopic (exact) mass is 272 g/mol. The van der Waals surface area contributed by atoms with Crippen molar-refractivity contribution in [2.45, 2.75) is 13.0 Å². The Labute approximate surface area is 119 Å². The predicted molar refractivity (Wildman–Crippen MR) is 79.1 cm³/mol. The van der Waals surface area contributed by atoms with Gasteiger partial charge < -0.3 is 14.6 Å². The number of aliphatic hydroxyl groups excluding tert-OH is 1. The molecule has 0 amide bonds. The van der Waals surface area contributed by atoms with Crippen LogP contribution in [0, 0.1) is 6.92 Å². The van der Waals surface area contributed by atoms with Gasteiger partial charge in [-0.25, -0.2) is 0 Å². The first-order valence-corrected chi connectivity index (χ1v) is 6.67. The van der Waals surface area contributed by atoms with Gasteiger partial charge in [-0.2, -0.15) is 0 Å². The molecule has 0 heterocycles. The zero-order valence-electron chi connectivity index (χ0n) is 11.9. The van der Waals surface area contributed by atoms with E-state index in [4.69, 9.17) is 9.47 Å². The Bertz CT molecular complexity index is 534. The minimum Gasteiger partial charge on any atom is -0.491 e. The fourth-order valence-corrected chi connectivity index (χ4v) is 2.00. The van der Waals surface area contributed by atoms with Crippen molar-refractivity contribution >= 4 is 0 Å². The van der Waals surface area contributed by atoms with Gasteiger partial charge in [-0.05, 0) is 18.6 Å². The third-order valence-corrected chi connectivity index (χ3v) is 3.15. The lowest BCUT2D eigenvalue weighted by Gasteiger charge is -2.16. The summed E-state index contributed by atoms with van der Waals surface area (Å²) in [5.74, 6) is 0.692. The summed E-state index contributed by atoms with van der Waals surface area (Å²) in [7, 11) is 1.64. The van der Waals surface area contributed by atoms with Crippen molar-refractivity contribution in [2.75, 3.05) is 20.3 Å². The number of methoxy groups -OCH3 is 1. The summed E-state index contributed by atoms with van der Waals surface area (Å²) in [6, 6.07) is 15.4. The molecule has 106 valence electrons. The number of aliphatic hydroxyl groups is 1. The van der Waals surface area contributed by atoms with E-state index >= 15 is 0 Å². The van der Waals surface area contributed by atoms with Gasteiger partial charge in [0.1, 0.15) is 18.5 Å². The van der Waals surface area contributed by atoms with Crippen molar-refractivity contribution in [1.82, 2.24) is 0 Å². The Morgan fingerprint density at radius 3 is 2.40 bits per heavy atom. The molecular weight excluding hydrogens is 252 g/mol. The van der Waals surface area contributed by atoms with Gasteiger partial charge in [0.05, 0.1) is 6.61 Å². The summed E-state index contributed by atoms with van der Waals surface area (Å²) in [4.78, 5) is 0. The normalized spacial score (nSPS) is 12.2. The molecule has 20 heavy (non-hydrogen) atoms. The van der Waals surface area contributed by atoms with Crippen LogP contribution in [0.2, 0.25) is 0 Å². The number of para-hydroxylation sites is 1. The molecule has 0 saturated carbocycles. The van der Waals surface area contributed by atoms with E-state index in [-0.39, 0.29) is 0 Å². The van der Waals surface area contributed by atoms with E-state index < -0.39 is 6.10 Å². The van der Waals surface area contributed by atoms with Crippen molar-refractivity contribution in [3.8, 4) is 5.75 Å². The first-order valence-electron chi connectivity index (χ1n) is 6.67. The lowest BCUT2D eigenvalue weighted by atomic mass is 10.00. The summed E-state index contributed by atoms with van der Waals surface area (Å²) >= 11 is 0. The molecule has 0 aliphatic carbocycles. The Morgan fingerprint density at radius 2 is 1.70 bits per heavy atom. The van der Waals surface area contributed by atoms with Crippen molar-refractivity contribution < 1.29 is 14.6 Å². The standard InChI is InChI=1S/C17H20O3/c1-13-7-9-14(10-8-13)17(18)15-5-3-4-6-16(15)20-12-11-19-2/h3-10,17-18H,11-12H2,1-2H3. The molecular formula is C17H20O3. The molecule has 1 atom stereocenters. The van der Waals surface area contributed by atoms with Crippen LogP contribution in [-0.2, 0) is 4.74 Å². The number of hydrogen-bond acceptors (Lipinski definition) is 3. The van der Waals surface area contributed by atoms with Crippen molar-refractivity contribution in [2.24, 2.45) is 0 Å². The van der Waals surface area contributed by atoms with E-state index in [2.05, 4.69) is 0 Å². The van der Waals surface area contributed by atoms with Crippen molar-refractivity contribution in [3.63, 3.8) is 0 Å². The van der Waals surface area contributed by atoms with Gasteiger partial charge >= 0.3 is 0 Å². The zero-order valence-corrected chi connectivity index (χ0v) is 11.9. The van der Waals surface area contributed by atoms with Crippen LogP contribution >= 0.6 is 0 Å². The van der Waals surface area contributed by atoms with Crippen LogP contribution in [0.5, 0.6) is 5.75 Å². The van der Waals surface area contributed by atoms with Crippen LogP contribution in [0.4, 0.5) is 0 Å². The Morgan fingerprint density at radius 1 is 1.00 bits per heavy atom. The van der Waals surface area contributed by atoms with Crippen LogP contribution < -0.4 is 4.74 Å². The number of benzene rings is 2. The third kappa shape index (κ3) is 3.59. The number of aryl methyl sites for hydroxylation is 1. The molecule has 0 fully saturated rings. The van der Waals surface area contributed by atoms with Gasteiger partial charge in [-0.1, -0.05) is 48.0 Å². The lowest BCUT2D eigenvalue weighted by molar-refractivity contribution is 0.142. The highest BCUT2D eigenvalue weighted by molar-refractivity contribution is 5.40. The van der Waals surface area contributed by atoms with E-state index in [9.17, 15) is 5.11 Å². The summed E-state index contributed by atoms with van der Waals surface area (Å²) < 4.78 is 10.6. The summed E-state index contributed by atoms with van der Waals surface area (Å²) in [6.45, 7) is 3.01. The molecule has 2 rings (SSSR count). The van der Waals surface area contributed by atoms with E-state index in [0.29, 0.717) is 19.0 Å². The SMILES string of the molecule is COCCOc1ccccc1C(O)c1ccc(C)cc1. The second-order valence-corrected chi connectivity index (χ2v) is 4.69. The molecule has 0 aliphatic rings. The van der Waals surface area contributed by atoms with Crippen molar-refractivity contribution in [1.29, 1.82) is 0 Å². The molecule has 1 unspecified atom stereocenters. The summed E-state index contributed by atoms with van der Waals surface area (Å²) in [6.07, 6.45) is -0.686. The maximum atomic E-state index is 10.5. The van der Waals surface area contributed by atoms with Crippen LogP contribution in [0.25, 0.3) is 0 Å². The van der Waals surface area contributed by atoms with Gasteiger partial charge in [0.2, 0.25) is 0 Å². The van der Waals surface area contributed by atoms with E-state index in [1.807, 2.05) is 55.5 Å². The number of hydrogen-bond donors (Lipinski definition) is 1. The molecule has 0 spiro atoms. The predicted octanol–water partition coefficient (Wildman–Crippen LogP) is 3.10. The molecule has 2 aromatic carbocycles. The first kappa shape index (κ1) is 14.6. The van der Waals surface area contributed by atoms with Crippen molar-refractivity contribution in [3.05, 3.63) is 65.2 Å². The highest BCUT2D eigenvalue weighted by atomic mass is 16.5. The van der Waals surface area contributed by atoms with E-state index in [1.165, 1.54) is 5.56 Å². The molecule has 2 aromatic rings. The maximum Gasteiger partial charge on any atom is 0.125 e. The van der Waals surface area contributed by atoms with Crippen LogP contribution in [0.1, 0.15) is 22.8 Å². The van der Waals surface area contributed by atoms with E-state index in [1.54, 1.807) is 7.11 Å². The van der Waals surface area contributed by atoms with Gasteiger partial charge in [0.15, 0.2) is 0 Å². The average molecular weight is 272 g/mol. The number of ether oxygens (including phenoxy) is 2. The van der Waals surface area contributed by atoms with E-state index in [0.717, 1.165) is 11.1 Å². The Hall–Kier alpha value is -1.84. The Balaban J connectivity index is 2.20. The smallest absolute Gasteiger partial charge is 0.125 e. The minimum absolute atomic E-state index is 0.466. The molecule has 1 N–H and O–H groups in total. The fraction of sp³-hybridized carbons (Fsp3) is 0.294. The number of rotatable bonds is 6. The highest BCUT2D eigenvalue weighted by Crippen LogP contribution is 2.29. The lowest BCUT2D eigenvalue weighted by Crippen LogP contribution is -2.08. The second kappa shape index (κ2) is 7.08. The summed E-state index contributed by atoms with van der Waals surface area (Å²) in [5.41, 5.74) is 2.80. The average Bonchev–Trinajstić information content (AvgIpc) is 2.48. The highest BCUT2D eigenvalue weighted by Gasteiger charge is 2.15. The minimum atomic E-state index is -0.686. The van der Waals surface area contributed by atoms with Crippen LogP contribution in [0.15, 0.2) is 48.5 Å². The molecule has 0 aliphatic heterocycles. The summed E-state index contributed by atoms with van der Waals surface area (Å²) in [5, 5.41) is 10.5. The molecule has 3 heteroatoms. The Kier molecular flexibility index (Phi) is 5.16. The molecule has 0 aromatic heterocycles. The van der Waals surface area contributed by atoms with Gasteiger partial charge in [-0.15, -0.1) is 0 Å². The zero-order chi connectivity index (χ0) is 14.4. The molecule has 0 saturated heterocycles. The molecule has 0 bridgehead atoms. The third-order valence-electron chi connectivity index (χ3n) is 3.15.